The largest absolute Gasteiger partial charge is 0.492 e. The molecule has 0 bridgehead atoms. The molecule has 1 aromatic rings. The van der Waals surface area contributed by atoms with Gasteiger partial charge in [-0.25, -0.2) is 0 Å². The Labute approximate surface area is 118 Å². The normalized spacial score (nSPS) is 14.2. The van der Waals surface area contributed by atoms with Crippen LogP contribution in [0, 0.1) is 16.0 Å². The second-order valence-corrected chi connectivity index (χ2v) is 4.87. The molecule has 2 rings (SSSR count). The van der Waals surface area contributed by atoms with Crippen LogP contribution in [0.15, 0.2) is 24.3 Å². The van der Waals surface area contributed by atoms with Crippen LogP contribution in [0.2, 0.25) is 0 Å². The van der Waals surface area contributed by atoms with Crippen molar-refractivity contribution in [1.29, 1.82) is 0 Å². The minimum absolute atomic E-state index is 0.0725. The molecule has 20 heavy (non-hydrogen) atoms. The predicted octanol–water partition coefficient (Wildman–Crippen LogP) is 1.99. The number of non-ortho nitro benzene ring substituents is 1. The zero-order valence-electron chi connectivity index (χ0n) is 11.4. The molecule has 0 aliphatic heterocycles. The Hall–Kier alpha value is -1.66. The first kappa shape index (κ1) is 14.7. The molecule has 0 atom stereocenters. The van der Waals surface area contributed by atoms with Crippen LogP contribution >= 0.6 is 0 Å². The van der Waals surface area contributed by atoms with Gasteiger partial charge >= 0.3 is 0 Å². The van der Waals surface area contributed by atoms with E-state index in [1.54, 1.807) is 12.1 Å². The van der Waals surface area contributed by atoms with Crippen molar-refractivity contribution >= 4 is 5.69 Å². The number of rotatable bonds is 10. The third-order valence-corrected chi connectivity index (χ3v) is 3.07. The first-order chi connectivity index (χ1) is 9.75. The molecule has 0 spiro atoms. The number of hydrogen-bond donors (Lipinski definition) is 1. The Morgan fingerprint density at radius 2 is 1.90 bits per heavy atom. The van der Waals surface area contributed by atoms with Crippen LogP contribution in [0.25, 0.3) is 0 Å². The summed E-state index contributed by atoms with van der Waals surface area (Å²) in [5.74, 6) is 1.45. The summed E-state index contributed by atoms with van der Waals surface area (Å²) in [4.78, 5) is 10.1. The Kier molecular flexibility index (Phi) is 5.76. The van der Waals surface area contributed by atoms with E-state index in [1.807, 2.05) is 0 Å². The average Bonchev–Trinajstić information content (AvgIpc) is 3.26. The SMILES string of the molecule is O=[N+]([O-])c1ccc(OCCNCCOCC2CC2)cc1. The van der Waals surface area contributed by atoms with Gasteiger partial charge in [0.15, 0.2) is 0 Å². The molecule has 6 nitrogen and oxygen atoms in total. The second kappa shape index (κ2) is 7.81. The van der Waals surface area contributed by atoms with E-state index in [0.717, 1.165) is 32.2 Å². The molecule has 1 aliphatic carbocycles. The number of nitro benzene ring substituents is 1. The van der Waals surface area contributed by atoms with Crippen molar-refractivity contribution in [2.45, 2.75) is 12.8 Å². The zero-order chi connectivity index (χ0) is 14.2. The van der Waals surface area contributed by atoms with Crippen molar-refractivity contribution < 1.29 is 14.4 Å². The summed E-state index contributed by atoms with van der Waals surface area (Å²) in [6.45, 7) is 3.69. The van der Waals surface area contributed by atoms with Gasteiger partial charge in [0.1, 0.15) is 12.4 Å². The van der Waals surface area contributed by atoms with E-state index in [-0.39, 0.29) is 5.69 Å². The fourth-order valence-electron chi connectivity index (χ4n) is 1.71. The summed E-state index contributed by atoms with van der Waals surface area (Å²) in [7, 11) is 0. The van der Waals surface area contributed by atoms with Gasteiger partial charge in [-0.1, -0.05) is 0 Å². The minimum atomic E-state index is -0.424. The van der Waals surface area contributed by atoms with E-state index in [2.05, 4.69) is 5.32 Å². The minimum Gasteiger partial charge on any atom is -0.492 e. The molecule has 0 aromatic heterocycles. The smallest absolute Gasteiger partial charge is 0.269 e. The summed E-state index contributed by atoms with van der Waals surface area (Å²) >= 11 is 0. The molecule has 0 amide bonds. The summed E-state index contributed by atoms with van der Waals surface area (Å²) in [5, 5.41) is 13.7. The molecule has 110 valence electrons. The van der Waals surface area contributed by atoms with Crippen molar-refractivity contribution in [1.82, 2.24) is 5.32 Å². The molecule has 0 unspecified atom stereocenters. The van der Waals surface area contributed by atoms with Crippen LogP contribution < -0.4 is 10.1 Å². The van der Waals surface area contributed by atoms with Crippen molar-refractivity contribution in [2.24, 2.45) is 5.92 Å². The van der Waals surface area contributed by atoms with Crippen molar-refractivity contribution in [3.63, 3.8) is 0 Å². The fraction of sp³-hybridized carbons (Fsp3) is 0.571. The van der Waals surface area contributed by atoms with Crippen LogP contribution in [0.5, 0.6) is 5.75 Å². The van der Waals surface area contributed by atoms with E-state index in [9.17, 15) is 10.1 Å². The average molecular weight is 280 g/mol. The number of hydrogen-bond acceptors (Lipinski definition) is 5. The molecule has 0 heterocycles. The van der Waals surface area contributed by atoms with Gasteiger partial charge in [0.2, 0.25) is 0 Å². The Morgan fingerprint density at radius 1 is 1.20 bits per heavy atom. The van der Waals surface area contributed by atoms with E-state index in [1.165, 1.54) is 25.0 Å². The monoisotopic (exact) mass is 280 g/mol. The van der Waals surface area contributed by atoms with Gasteiger partial charge in [0, 0.05) is 31.8 Å². The van der Waals surface area contributed by atoms with Crippen LogP contribution in [-0.4, -0.2) is 37.8 Å². The van der Waals surface area contributed by atoms with Gasteiger partial charge in [0.25, 0.3) is 5.69 Å². The first-order valence-corrected chi connectivity index (χ1v) is 6.91. The highest BCUT2D eigenvalue weighted by Gasteiger charge is 2.20. The Bertz CT molecular complexity index is 418. The van der Waals surface area contributed by atoms with E-state index >= 15 is 0 Å². The third-order valence-electron chi connectivity index (χ3n) is 3.07. The number of nitrogens with one attached hydrogen (secondary N) is 1. The number of benzene rings is 1. The molecule has 1 saturated carbocycles. The molecule has 1 N–H and O–H groups in total. The fourth-order valence-corrected chi connectivity index (χ4v) is 1.71. The third kappa shape index (κ3) is 5.54. The molecule has 6 heteroatoms. The lowest BCUT2D eigenvalue weighted by Gasteiger charge is -2.07. The maximum atomic E-state index is 10.5. The van der Waals surface area contributed by atoms with Gasteiger partial charge in [-0.15, -0.1) is 0 Å². The molecule has 0 saturated heterocycles. The number of ether oxygens (including phenoxy) is 2. The highest BCUT2D eigenvalue weighted by Crippen LogP contribution is 2.28. The lowest BCUT2D eigenvalue weighted by atomic mass is 10.3. The summed E-state index contributed by atoms with van der Waals surface area (Å²) in [6, 6.07) is 6.09. The number of nitro groups is 1. The lowest BCUT2D eigenvalue weighted by Crippen LogP contribution is -2.25. The maximum absolute atomic E-state index is 10.5. The summed E-state index contributed by atoms with van der Waals surface area (Å²) < 4.78 is 11.0. The van der Waals surface area contributed by atoms with Gasteiger partial charge < -0.3 is 14.8 Å². The van der Waals surface area contributed by atoms with Gasteiger partial charge in [-0.05, 0) is 30.9 Å². The Morgan fingerprint density at radius 3 is 2.55 bits per heavy atom. The Balaban J connectivity index is 1.48. The molecule has 1 aromatic carbocycles. The summed E-state index contributed by atoms with van der Waals surface area (Å²) in [5.41, 5.74) is 0.0725. The van der Waals surface area contributed by atoms with Crippen LogP contribution in [0.1, 0.15) is 12.8 Å². The van der Waals surface area contributed by atoms with Crippen LogP contribution in [0.3, 0.4) is 0 Å². The van der Waals surface area contributed by atoms with Gasteiger partial charge in [-0.2, -0.15) is 0 Å². The molecule has 1 aliphatic rings. The summed E-state index contributed by atoms with van der Waals surface area (Å²) in [6.07, 6.45) is 2.63. The topological polar surface area (TPSA) is 73.6 Å². The van der Waals surface area contributed by atoms with Crippen molar-refractivity contribution in [3.8, 4) is 5.75 Å². The number of nitrogens with zero attached hydrogens (tertiary/aromatic N) is 1. The quantitative estimate of drug-likeness (QED) is 0.403. The van der Waals surface area contributed by atoms with Crippen molar-refractivity contribution in [3.05, 3.63) is 34.4 Å². The maximum Gasteiger partial charge on any atom is 0.269 e. The highest BCUT2D eigenvalue weighted by molar-refractivity contribution is 5.35. The lowest BCUT2D eigenvalue weighted by molar-refractivity contribution is -0.384. The molecular weight excluding hydrogens is 260 g/mol. The zero-order valence-corrected chi connectivity index (χ0v) is 11.4. The van der Waals surface area contributed by atoms with Crippen LogP contribution in [-0.2, 0) is 4.74 Å². The van der Waals surface area contributed by atoms with Crippen LogP contribution in [0.4, 0.5) is 5.69 Å². The van der Waals surface area contributed by atoms with Gasteiger partial charge in [-0.3, -0.25) is 10.1 Å². The van der Waals surface area contributed by atoms with E-state index in [0.29, 0.717) is 12.4 Å². The highest BCUT2D eigenvalue weighted by atomic mass is 16.6. The molecule has 1 fully saturated rings. The van der Waals surface area contributed by atoms with Crippen molar-refractivity contribution in [2.75, 3.05) is 32.9 Å². The predicted molar refractivity (Wildman–Crippen MR) is 75.0 cm³/mol. The molecule has 0 radical (unpaired) electrons. The van der Waals surface area contributed by atoms with E-state index in [4.69, 9.17) is 9.47 Å². The first-order valence-electron chi connectivity index (χ1n) is 6.91. The second-order valence-electron chi connectivity index (χ2n) is 4.87. The standard InChI is InChI=1S/C14H20N2O4/c17-16(18)13-3-5-14(6-4-13)20-10-8-15-7-9-19-11-12-1-2-12/h3-6,12,15H,1-2,7-11H2. The molecular formula is C14H20N2O4. The van der Waals surface area contributed by atoms with Gasteiger partial charge in [0.05, 0.1) is 11.5 Å². The van der Waals surface area contributed by atoms with E-state index < -0.39 is 4.92 Å².